The van der Waals surface area contributed by atoms with Crippen LogP contribution in [0.3, 0.4) is 0 Å². The van der Waals surface area contributed by atoms with Crippen molar-refractivity contribution in [1.29, 1.82) is 0 Å². The molecule has 0 spiro atoms. The molecular formula is C28H33N3O6. The average Bonchev–Trinajstić information content (AvgIpc) is 3.76. The number of fused-ring (bicyclic) bond motifs is 2. The second kappa shape index (κ2) is 10.8. The molecule has 2 aromatic carbocycles. The minimum absolute atomic E-state index is 0.00709. The Morgan fingerprint density at radius 1 is 1.08 bits per heavy atom. The van der Waals surface area contributed by atoms with E-state index in [-0.39, 0.29) is 54.9 Å². The number of rotatable bonds is 7. The molecular weight excluding hydrogens is 474 g/mol. The van der Waals surface area contributed by atoms with Gasteiger partial charge in [0.25, 0.3) is 5.91 Å². The minimum Gasteiger partial charge on any atom is -0.497 e. The molecule has 9 heteroatoms. The summed E-state index contributed by atoms with van der Waals surface area (Å²) in [5.74, 6) is 1.05. The van der Waals surface area contributed by atoms with E-state index >= 15 is 0 Å². The topological polar surface area (TPSA) is 106 Å². The van der Waals surface area contributed by atoms with Crippen LogP contribution < -0.4 is 20.1 Å². The molecule has 0 radical (unpaired) electrons. The maximum absolute atomic E-state index is 13.4. The Bertz CT molecular complexity index is 1160. The summed E-state index contributed by atoms with van der Waals surface area (Å²) >= 11 is 0. The molecule has 2 aromatic rings. The fraction of sp³-hybridized carbons (Fsp3) is 0.464. The average molecular weight is 508 g/mol. The number of ether oxygens (including phenoxy) is 3. The standard InChI is InChI=1S/C28H33N3O6/c1-31-23-11-10-21(14-26(32)29-15-17-3-8-20(35-2)9-4-17)37-25(23)16-36-24-12-7-19(13-22(24)28(31)34)30-27(33)18-5-6-18/h3-4,7-9,12-13,18,21,23,25H,5-6,10-11,14-16H2,1-2H3,(H,29,32)(H,30,33)/t21-,23+,25+/m0/s1. The van der Waals surface area contributed by atoms with E-state index in [1.165, 1.54) is 0 Å². The van der Waals surface area contributed by atoms with Gasteiger partial charge >= 0.3 is 0 Å². The number of amides is 3. The van der Waals surface area contributed by atoms with Crippen LogP contribution in [0.1, 0.15) is 48.0 Å². The van der Waals surface area contributed by atoms with Gasteiger partial charge in [-0.3, -0.25) is 14.4 Å². The van der Waals surface area contributed by atoms with Crippen LogP contribution in [0.25, 0.3) is 0 Å². The van der Waals surface area contributed by atoms with Crippen molar-refractivity contribution in [3.63, 3.8) is 0 Å². The molecule has 3 amide bonds. The molecule has 196 valence electrons. The van der Waals surface area contributed by atoms with Crippen molar-refractivity contribution in [3.05, 3.63) is 53.6 Å². The lowest BCUT2D eigenvalue weighted by atomic mass is 9.94. The molecule has 37 heavy (non-hydrogen) atoms. The summed E-state index contributed by atoms with van der Waals surface area (Å²) in [4.78, 5) is 39.8. The summed E-state index contributed by atoms with van der Waals surface area (Å²) in [5.41, 5.74) is 2.01. The largest absolute Gasteiger partial charge is 0.497 e. The van der Waals surface area contributed by atoms with Crippen LogP contribution in [-0.2, 0) is 20.9 Å². The first kappa shape index (κ1) is 25.1. The Morgan fingerprint density at radius 3 is 2.59 bits per heavy atom. The molecule has 1 aliphatic carbocycles. The summed E-state index contributed by atoms with van der Waals surface area (Å²) in [6.07, 6.45) is 2.86. The van der Waals surface area contributed by atoms with Crippen LogP contribution in [-0.4, -0.2) is 61.6 Å². The van der Waals surface area contributed by atoms with Crippen molar-refractivity contribution in [2.24, 2.45) is 5.92 Å². The van der Waals surface area contributed by atoms with Crippen molar-refractivity contribution in [2.75, 3.05) is 26.1 Å². The molecule has 2 N–H and O–H groups in total. The van der Waals surface area contributed by atoms with Gasteiger partial charge in [-0.15, -0.1) is 0 Å². The third kappa shape index (κ3) is 5.88. The highest BCUT2D eigenvalue weighted by molar-refractivity contribution is 6.00. The third-order valence-corrected chi connectivity index (χ3v) is 7.29. The monoisotopic (exact) mass is 507 g/mol. The van der Waals surface area contributed by atoms with Crippen LogP contribution in [0, 0.1) is 5.92 Å². The van der Waals surface area contributed by atoms with Gasteiger partial charge in [-0.25, -0.2) is 0 Å². The number of benzene rings is 2. The van der Waals surface area contributed by atoms with Crippen LogP contribution in [0.2, 0.25) is 0 Å². The number of anilines is 1. The molecule has 9 nitrogen and oxygen atoms in total. The normalized spacial score (nSPS) is 23.0. The van der Waals surface area contributed by atoms with E-state index in [0.717, 1.165) is 24.2 Å². The number of hydrogen-bond acceptors (Lipinski definition) is 6. The molecule has 2 fully saturated rings. The first-order chi connectivity index (χ1) is 17.9. The van der Waals surface area contributed by atoms with Gasteiger partial charge in [0, 0.05) is 25.2 Å². The highest BCUT2D eigenvalue weighted by Gasteiger charge is 2.39. The van der Waals surface area contributed by atoms with Crippen LogP contribution in [0.5, 0.6) is 11.5 Å². The van der Waals surface area contributed by atoms with E-state index in [9.17, 15) is 14.4 Å². The van der Waals surface area contributed by atoms with Gasteiger partial charge in [-0.2, -0.15) is 0 Å². The number of nitrogens with one attached hydrogen (secondary N) is 2. The molecule has 0 unspecified atom stereocenters. The van der Waals surface area contributed by atoms with Gasteiger partial charge < -0.3 is 29.7 Å². The van der Waals surface area contributed by atoms with E-state index in [2.05, 4.69) is 10.6 Å². The zero-order valence-corrected chi connectivity index (χ0v) is 21.2. The lowest BCUT2D eigenvalue weighted by Crippen LogP contribution is -2.53. The molecule has 2 heterocycles. The number of methoxy groups -OCH3 is 1. The Hall–Kier alpha value is -3.59. The lowest BCUT2D eigenvalue weighted by Gasteiger charge is -2.42. The predicted octanol–water partition coefficient (Wildman–Crippen LogP) is 3.13. The fourth-order valence-electron chi connectivity index (χ4n) is 4.92. The maximum atomic E-state index is 13.4. The molecule has 1 saturated carbocycles. The van der Waals surface area contributed by atoms with Gasteiger partial charge in [-0.1, -0.05) is 12.1 Å². The number of hydrogen-bond donors (Lipinski definition) is 2. The molecule has 5 rings (SSSR count). The van der Waals surface area contributed by atoms with E-state index in [1.54, 1.807) is 37.3 Å². The highest BCUT2D eigenvalue weighted by Crippen LogP contribution is 2.34. The third-order valence-electron chi connectivity index (χ3n) is 7.29. The zero-order chi connectivity index (χ0) is 25.9. The molecule has 2 aliphatic heterocycles. The van der Waals surface area contributed by atoms with Gasteiger partial charge in [0.1, 0.15) is 24.2 Å². The molecule has 0 bridgehead atoms. The van der Waals surface area contributed by atoms with Crippen molar-refractivity contribution in [1.82, 2.24) is 10.2 Å². The van der Waals surface area contributed by atoms with E-state index in [0.29, 0.717) is 36.4 Å². The minimum atomic E-state index is -0.343. The zero-order valence-electron chi connectivity index (χ0n) is 21.2. The Kier molecular flexibility index (Phi) is 7.32. The van der Waals surface area contributed by atoms with E-state index in [1.807, 2.05) is 24.3 Å². The summed E-state index contributed by atoms with van der Waals surface area (Å²) in [5, 5.41) is 5.85. The molecule has 3 aliphatic rings. The highest BCUT2D eigenvalue weighted by atomic mass is 16.5. The first-order valence-corrected chi connectivity index (χ1v) is 12.8. The van der Waals surface area contributed by atoms with Crippen molar-refractivity contribution in [2.45, 2.75) is 56.9 Å². The Morgan fingerprint density at radius 2 is 1.86 bits per heavy atom. The van der Waals surface area contributed by atoms with E-state index in [4.69, 9.17) is 14.2 Å². The SMILES string of the molecule is COc1ccc(CNC(=O)C[C@@H]2CC[C@@H]3[C@@H](COc4ccc(NC(=O)C5CC5)cc4C(=O)N3C)O2)cc1. The number of nitrogens with zero attached hydrogens (tertiary/aromatic N) is 1. The quantitative estimate of drug-likeness (QED) is 0.597. The van der Waals surface area contributed by atoms with Gasteiger partial charge in [0.15, 0.2) is 0 Å². The van der Waals surface area contributed by atoms with Crippen molar-refractivity contribution in [3.8, 4) is 11.5 Å². The maximum Gasteiger partial charge on any atom is 0.257 e. The molecule has 1 saturated heterocycles. The second-order valence-electron chi connectivity index (χ2n) is 9.97. The first-order valence-electron chi connectivity index (χ1n) is 12.8. The Labute approximate surface area is 216 Å². The predicted molar refractivity (Wildman–Crippen MR) is 137 cm³/mol. The molecule has 0 aromatic heterocycles. The van der Waals surface area contributed by atoms with Gasteiger partial charge in [0.05, 0.1) is 31.2 Å². The number of carbonyl (C=O) groups is 3. The smallest absolute Gasteiger partial charge is 0.257 e. The lowest BCUT2D eigenvalue weighted by molar-refractivity contribution is -0.134. The summed E-state index contributed by atoms with van der Waals surface area (Å²) in [6.45, 7) is 0.703. The molecule has 3 atom stereocenters. The van der Waals surface area contributed by atoms with Crippen molar-refractivity contribution >= 4 is 23.4 Å². The van der Waals surface area contributed by atoms with E-state index < -0.39 is 0 Å². The van der Waals surface area contributed by atoms with Gasteiger partial charge in [0.2, 0.25) is 11.8 Å². The number of likely N-dealkylation sites (N-methyl/N-ethyl adjacent to an activating group) is 1. The van der Waals surface area contributed by atoms with Crippen molar-refractivity contribution < 1.29 is 28.6 Å². The summed E-state index contributed by atoms with van der Waals surface area (Å²) < 4.78 is 17.5. The van der Waals surface area contributed by atoms with Crippen LogP contribution in [0.15, 0.2) is 42.5 Å². The summed E-state index contributed by atoms with van der Waals surface area (Å²) in [7, 11) is 3.39. The fourth-order valence-corrected chi connectivity index (χ4v) is 4.92. The Balaban J connectivity index is 1.18. The van der Waals surface area contributed by atoms with Gasteiger partial charge in [-0.05, 0) is 61.6 Å². The van der Waals surface area contributed by atoms with Crippen LogP contribution in [0.4, 0.5) is 5.69 Å². The second-order valence-corrected chi connectivity index (χ2v) is 9.97. The number of carbonyl (C=O) groups excluding carboxylic acids is 3. The van der Waals surface area contributed by atoms with Crippen LogP contribution >= 0.6 is 0 Å². The summed E-state index contributed by atoms with van der Waals surface area (Å²) in [6, 6.07) is 12.6.